The van der Waals surface area contributed by atoms with Crippen molar-refractivity contribution in [2.24, 2.45) is 5.92 Å². The molecule has 1 saturated heterocycles. The molecule has 1 aliphatic rings. The lowest BCUT2D eigenvalue weighted by Gasteiger charge is -2.09. The van der Waals surface area contributed by atoms with Gasteiger partial charge >= 0.3 is 11.9 Å². The third-order valence-electron chi connectivity index (χ3n) is 4.22. The van der Waals surface area contributed by atoms with Gasteiger partial charge < -0.3 is 14.5 Å². The van der Waals surface area contributed by atoms with E-state index in [1.165, 1.54) is 0 Å². The first kappa shape index (κ1) is 17.5. The van der Waals surface area contributed by atoms with Gasteiger partial charge in [-0.05, 0) is 38.5 Å². The van der Waals surface area contributed by atoms with Crippen molar-refractivity contribution in [2.75, 3.05) is 18.1 Å². The standard InChI is InChI=1S/C17H19NO6S/c1-3-23-17(20)15-10(2)18-14-5-4-12(8-13(14)15)24-16(19)11-6-7-25(21,22)9-11/h4-5,8,11,18H,3,6-7,9H2,1-2H3. The minimum Gasteiger partial charge on any atom is -0.462 e. The molecule has 2 heterocycles. The van der Waals surface area contributed by atoms with E-state index in [0.29, 0.717) is 16.6 Å². The van der Waals surface area contributed by atoms with Crippen LogP contribution < -0.4 is 4.74 Å². The van der Waals surface area contributed by atoms with E-state index in [9.17, 15) is 18.0 Å². The number of fused-ring (bicyclic) bond motifs is 1. The fourth-order valence-electron chi connectivity index (χ4n) is 3.02. The summed E-state index contributed by atoms with van der Waals surface area (Å²) in [7, 11) is -3.16. The van der Waals surface area contributed by atoms with Crippen molar-refractivity contribution in [1.29, 1.82) is 0 Å². The molecule has 0 spiro atoms. The van der Waals surface area contributed by atoms with Gasteiger partial charge in [0.05, 0.1) is 29.6 Å². The molecular formula is C17H19NO6S. The van der Waals surface area contributed by atoms with E-state index >= 15 is 0 Å². The van der Waals surface area contributed by atoms with Gasteiger partial charge in [0.25, 0.3) is 0 Å². The third kappa shape index (κ3) is 3.53. The summed E-state index contributed by atoms with van der Waals surface area (Å²) in [6.07, 6.45) is 0.279. The van der Waals surface area contributed by atoms with E-state index in [1.807, 2.05) is 0 Å². The second-order valence-electron chi connectivity index (χ2n) is 6.07. The molecule has 1 N–H and O–H groups in total. The Hall–Kier alpha value is -2.35. The van der Waals surface area contributed by atoms with Crippen LogP contribution in [0.3, 0.4) is 0 Å². The highest BCUT2D eigenvalue weighted by atomic mass is 32.2. The molecule has 0 saturated carbocycles. The van der Waals surface area contributed by atoms with Crippen molar-refractivity contribution >= 4 is 32.7 Å². The van der Waals surface area contributed by atoms with Crippen LogP contribution in [0.15, 0.2) is 18.2 Å². The quantitative estimate of drug-likeness (QED) is 0.657. The smallest absolute Gasteiger partial charge is 0.340 e. The summed E-state index contributed by atoms with van der Waals surface area (Å²) < 4.78 is 33.4. The van der Waals surface area contributed by atoms with Crippen LogP contribution in [-0.2, 0) is 19.4 Å². The first-order valence-corrected chi connectivity index (χ1v) is 9.84. The summed E-state index contributed by atoms with van der Waals surface area (Å²) in [4.78, 5) is 27.4. The number of hydrogen-bond donors (Lipinski definition) is 1. The molecule has 8 heteroatoms. The molecule has 0 amide bonds. The van der Waals surface area contributed by atoms with Gasteiger partial charge in [0.15, 0.2) is 9.84 Å². The number of aromatic nitrogens is 1. The first-order chi connectivity index (χ1) is 11.8. The number of carbonyl (C=O) groups excluding carboxylic acids is 2. The number of aryl methyl sites for hydroxylation is 1. The fraction of sp³-hybridized carbons (Fsp3) is 0.412. The molecule has 7 nitrogen and oxygen atoms in total. The van der Waals surface area contributed by atoms with Crippen LogP contribution in [0.4, 0.5) is 0 Å². The Morgan fingerprint density at radius 3 is 2.72 bits per heavy atom. The van der Waals surface area contributed by atoms with Gasteiger partial charge in [-0.3, -0.25) is 4.79 Å². The lowest BCUT2D eigenvalue weighted by molar-refractivity contribution is -0.138. The molecule has 134 valence electrons. The number of benzene rings is 1. The summed E-state index contributed by atoms with van der Waals surface area (Å²) >= 11 is 0. The largest absolute Gasteiger partial charge is 0.462 e. The number of aromatic amines is 1. The molecule has 25 heavy (non-hydrogen) atoms. The molecular weight excluding hydrogens is 346 g/mol. The van der Waals surface area contributed by atoms with Crippen molar-refractivity contribution in [1.82, 2.24) is 4.98 Å². The number of carbonyl (C=O) groups is 2. The predicted molar refractivity (Wildman–Crippen MR) is 91.4 cm³/mol. The van der Waals surface area contributed by atoms with Gasteiger partial charge in [0.2, 0.25) is 0 Å². The van der Waals surface area contributed by atoms with E-state index in [-0.39, 0.29) is 30.3 Å². The van der Waals surface area contributed by atoms with Crippen LogP contribution in [0.1, 0.15) is 29.4 Å². The van der Waals surface area contributed by atoms with Gasteiger partial charge in [0, 0.05) is 16.6 Å². The molecule has 1 aliphatic heterocycles. The van der Waals surface area contributed by atoms with Gasteiger partial charge in [-0.1, -0.05) is 0 Å². The Morgan fingerprint density at radius 1 is 1.32 bits per heavy atom. The average Bonchev–Trinajstić information content (AvgIpc) is 3.06. The maximum Gasteiger partial charge on any atom is 0.340 e. The fourth-order valence-corrected chi connectivity index (χ4v) is 4.74. The number of nitrogens with one attached hydrogen (secondary N) is 1. The highest BCUT2D eigenvalue weighted by Gasteiger charge is 2.34. The Bertz CT molecular complexity index is 943. The number of H-pyrrole nitrogens is 1. The molecule has 0 radical (unpaired) electrons. The molecule has 0 aliphatic carbocycles. The summed E-state index contributed by atoms with van der Waals surface area (Å²) in [5, 5.41) is 0.597. The molecule has 3 rings (SSSR count). The van der Waals surface area contributed by atoms with E-state index in [0.717, 1.165) is 5.52 Å². The van der Waals surface area contributed by atoms with Crippen LogP contribution in [-0.4, -0.2) is 43.5 Å². The summed E-state index contributed by atoms with van der Waals surface area (Å²) in [6.45, 7) is 3.75. The maximum atomic E-state index is 12.2. The summed E-state index contributed by atoms with van der Waals surface area (Å²) in [6, 6.07) is 4.90. The monoisotopic (exact) mass is 365 g/mol. The van der Waals surface area contributed by atoms with Crippen LogP contribution in [0.5, 0.6) is 5.75 Å². The summed E-state index contributed by atoms with van der Waals surface area (Å²) in [5.74, 6) is -1.55. The van der Waals surface area contributed by atoms with Crippen LogP contribution in [0.2, 0.25) is 0 Å². The second kappa shape index (κ2) is 6.51. The topological polar surface area (TPSA) is 103 Å². The Balaban J connectivity index is 1.87. The number of rotatable bonds is 4. The van der Waals surface area contributed by atoms with Crippen molar-refractivity contribution in [3.63, 3.8) is 0 Å². The molecule has 0 bridgehead atoms. The van der Waals surface area contributed by atoms with Crippen LogP contribution >= 0.6 is 0 Å². The zero-order valence-corrected chi connectivity index (χ0v) is 14.8. The molecule has 1 aromatic heterocycles. The third-order valence-corrected chi connectivity index (χ3v) is 5.99. The minimum absolute atomic E-state index is 0.00974. The number of sulfone groups is 1. The highest BCUT2D eigenvalue weighted by Crippen LogP contribution is 2.28. The van der Waals surface area contributed by atoms with Crippen molar-refractivity contribution in [3.05, 3.63) is 29.5 Å². The zero-order chi connectivity index (χ0) is 18.2. The molecule has 2 aromatic rings. The Kier molecular flexibility index (Phi) is 4.55. The zero-order valence-electron chi connectivity index (χ0n) is 14.0. The number of esters is 2. The van der Waals surface area contributed by atoms with E-state index in [2.05, 4.69) is 4.98 Å². The van der Waals surface area contributed by atoms with E-state index in [4.69, 9.17) is 9.47 Å². The average molecular weight is 365 g/mol. The Morgan fingerprint density at radius 2 is 2.08 bits per heavy atom. The Labute approximate surface area is 145 Å². The van der Waals surface area contributed by atoms with Gasteiger partial charge in [0.1, 0.15) is 5.75 Å². The van der Waals surface area contributed by atoms with Crippen molar-refractivity contribution < 1.29 is 27.5 Å². The lowest BCUT2D eigenvalue weighted by atomic mass is 10.1. The predicted octanol–water partition coefficient (Wildman–Crippen LogP) is 1.99. The molecule has 1 fully saturated rings. The van der Waals surface area contributed by atoms with Crippen molar-refractivity contribution in [2.45, 2.75) is 20.3 Å². The second-order valence-corrected chi connectivity index (χ2v) is 8.30. The normalized spacial score (nSPS) is 19.0. The van der Waals surface area contributed by atoms with Crippen molar-refractivity contribution in [3.8, 4) is 5.75 Å². The minimum atomic E-state index is -3.16. The SMILES string of the molecule is CCOC(=O)c1c(C)[nH]c2ccc(OC(=O)C3CCS(=O)(=O)C3)cc12. The van der Waals surface area contributed by atoms with Gasteiger partial charge in [-0.15, -0.1) is 0 Å². The van der Waals surface area contributed by atoms with Gasteiger partial charge in [-0.25, -0.2) is 13.2 Å². The van der Waals surface area contributed by atoms with Crippen LogP contribution in [0, 0.1) is 12.8 Å². The first-order valence-electron chi connectivity index (χ1n) is 8.02. The van der Waals surface area contributed by atoms with E-state index < -0.39 is 27.7 Å². The number of hydrogen-bond acceptors (Lipinski definition) is 6. The highest BCUT2D eigenvalue weighted by molar-refractivity contribution is 7.91. The van der Waals surface area contributed by atoms with Crippen LogP contribution in [0.25, 0.3) is 10.9 Å². The molecule has 1 atom stereocenters. The molecule has 1 aromatic carbocycles. The number of ether oxygens (including phenoxy) is 2. The maximum absolute atomic E-state index is 12.2. The summed E-state index contributed by atoms with van der Waals surface area (Å²) in [5.41, 5.74) is 1.79. The van der Waals surface area contributed by atoms with Gasteiger partial charge in [-0.2, -0.15) is 0 Å². The lowest BCUT2D eigenvalue weighted by Crippen LogP contribution is -2.21. The van der Waals surface area contributed by atoms with E-state index in [1.54, 1.807) is 32.0 Å². The molecule has 1 unspecified atom stereocenters.